The Labute approximate surface area is 173 Å². The highest BCUT2D eigenvalue weighted by Crippen LogP contribution is 2.28. The number of carbonyl (C=O) groups is 1. The lowest BCUT2D eigenvalue weighted by Crippen LogP contribution is -2.20. The molecule has 0 unspecified atom stereocenters. The molecule has 4 aromatic rings. The highest BCUT2D eigenvalue weighted by Gasteiger charge is 2.12. The van der Waals surface area contributed by atoms with Gasteiger partial charge in [0.15, 0.2) is 12.4 Å². The summed E-state index contributed by atoms with van der Waals surface area (Å²) in [5.41, 5.74) is 2.65. The topological polar surface area (TPSA) is 81.4 Å². The third kappa shape index (κ3) is 3.90. The minimum atomic E-state index is -0.215. The average Bonchev–Trinajstić information content (AvgIpc) is 3.25. The number of fused-ring (bicyclic) bond motifs is 1. The molecular weight excluding hydrogens is 442 g/mol. The van der Waals surface area contributed by atoms with E-state index in [0.29, 0.717) is 5.75 Å². The van der Waals surface area contributed by atoms with Gasteiger partial charge in [0.2, 0.25) is 4.96 Å². The smallest absolute Gasteiger partial charge is 0.262 e. The second-order valence-corrected chi connectivity index (χ2v) is 8.04. The lowest BCUT2D eigenvalue weighted by Gasteiger charge is -2.10. The zero-order chi connectivity index (χ0) is 19.7. The van der Waals surface area contributed by atoms with Crippen LogP contribution < -0.4 is 10.1 Å². The maximum absolute atomic E-state index is 12.2. The molecule has 142 valence electrons. The Hall–Kier alpha value is -2.78. The first-order chi connectivity index (χ1) is 13.5. The average molecular weight is 458 g/mol. The highest BCUT2D eigenvalue weighted by atomic mass is 79.9. The first-order valence-electron chi connectivity index (χ1n) is 8.48. The fourth-order valence-electron chi connectivity index (χ4n) is 2.63. The molecule has 0 saturated heterocycles. The molecule has 9 heteroatoms. The van der Waals surface area contributed by atoms with Crippen LogP contribution in [0.25, 0.3) is 15.5 Å². The van der Waals surface area contributed by atoms with Crippen LogP contribution in [0, 0.1) is 13.8 Å². The third-order valence-corrected chi connectivity index (χ3v) is 5.55. The van der Waals surface area contributed by atoms with Crippen molar-refractivity contribution in [3.63, 3.8) is 0 Å². The van der Waals surface area contributed by atoms with Gasteiger partial charge in [-0.15, -0.1) is 10.2 Å². The molecule has 0 aliphatic rings. The van der Waals surface area contributed by atoms with E-state index < -0.39 is 0 Å². The monoisotopic (exact) mass is 457 g/mol. The molecule has 0 aliphatic heterocycles. The molecule has 0 atom stereocenters. The Bertz CT molecular complexity index is 1150. The van der Waals surface area contributed by atoms with E-state index in [4.69, 9.17) is 4.74 Å². The Morgan fingerprint density at radius 2 is 1.96 bits per heavy atom. The number of benzene rings is 2. The van der Waals surface area contributed by atoms with E-state index in [1.807, 2.05) is 44.2 Å². The predicted octanol–water partition coefficient (Wildman–Crippen LogP) is 4.25. The van der Waals surface area contributed by atoms with Crippen LogP contribution in [-0.4, -0.2) is 32.3 Å². The van der Waals surface area contributed by atoms with Gasteiger partial charge in [0.05, 0.1) is 0 Å². The molecule has 2 aromatic heterocycles. The lowest BCUT2D eigenvalue weighted by molar-refractivity contribution is -0.118. The molecule has 28 heavy (non-hydrogen) atoms. The van der Waals surface area contributed by atoms with E-state index in [2.05, 4.69) is 36.5 Å². The van der Waals surface area contributed by atoms with Crippen molar-refractivity contribution in [2.24, 2.45) is 0 Å². The molecule has 0 spiro atoms. The van der Waals surface area contributed by atoms with E-state index in [0.717, 1.165) is 37.1 Å². The zero-order valence-corrected chi connectivity index (χ0v) is 17.5. The normalized spacial score (nSPS) is 11.0. The van der Waals surface area contributed by atoms with Crippen molar-refractivity contribution >= 4 is 43.8 Å². The second kappa shape index (κ2) is 7.69. The SMILES string of the molecule is Cc1cc(-c2nn3c(C)nnc3s2)ccc1NC(=O)COc1ccc(Br)cc1. The Balaban J connectivity index is 1.43. The van der Waals surface area contributed by atoms with E-state index in [1.165, 1.54) is 11.3 Å². The summed E-state index contributed by atoms with van der Waals surface area (Å²) in [5, 5.41) is 16.4. The van der Waals surface area contributed by atoms with Gasteiger partial charge in [-0.25, -0.2) is 0 Å². The molecule has 2 heterocycles. The van der Waals surface area contributed by atoms with Crippen molar-refractivity contribution in [1.29, 1.82) is 0 Å². The number of anilines is 1. The molecule has 0 radical (unpaired) electrons. The maximum atomic E-state index is 12.2. The van der Waals surface area contributed by atoms with Crippen molar-refractivity contribution in [2.45, 2.75) is 13.8 Å². The number of carbonyl (C=O) groups excluding carboxylic acids is 1. The molecular formula is C19H16BrN5O2S. The van der Waals surface area contributed by atoms with Gasteiger partial charge in [0.1, 0.15) is 10.8 Å². The predicted molar refractivity (Wildman–Crippen MR) is 112 cm³/mol. The number of ether oxygens (including phenoxy) is 1. The highest BCUT2D eigenvalue weighted by molar-refractivity contribution is 9.10. The van der Waals surface area contributed by atoms with Gasteiger partial charge in [0, 0.05) is 15.7 Å². The summed E-state index contributed by atoms with van der Waals surface area (Å²) in [6.45, 7) is 3.75. The van der Waals surface area contributed by atoms with Crippen LogP contribution in [0.5, 0.6) is 5.75 Å². The van der Waals surface area contributed by atoms with Crippen LogP contribution in [0.4, 0.5) is 5.69 Å². The van der Waals surface area contributed by atoms with Gasteiger partial charge in [-0.2, -0.15) is 9.61 Å². The number of hydrogen-bond acceptors (Lipinski definition) is 6. The van der Waals surface area contributed by atoms with Gasteiger partial charge in [0.25, 0.3) is 5.91 Å². The fourth-order valence-corrected chi connectivity index (χ4v) is 3.78. The molecule has 7 nitrogen and oxygen atoms in total. The van der Waals surface area contributed by atoms with Crippen molar-refractivity contribution in [3.8, 4) is 16.3 Å². The van der Waals surface area contributed by atoms with E-state index in [9.17, 15) is 4.79 Å². The quantitative estimate of drug-likeness (QED) is 0.484. The lowest BCUT2D eigenvalue weighted by atomic mass is 10.1. The summed E-state index contributed by atoms with van der Waals surface area (Å²) in [5.74, 6) is 1.18. The number of halogens is 1. The number of nitrogens with one attached hydrogen (secondary N) is 1. The number of nitrogens with zero attached hydrogens (tertiary/aromatic N) is 4. The molecule has 2 aromatic carbocycles. The van der Waals surface area contributed by atoms with Crippen LogP contribution >= 0.6 is 27.3 Å². The molecule has 1 amide bonds. The van der Waals surface area contributed by atoms with Crippen LogP contribution in [0.2, 0.25) is 0 Å². The standard InChI is InChI=1S/C19H16BrN5O2S/c1-11-9-13(18-24-25-12(2)22-23-19(25)28-18)3-8-16(11)21-17(26)10-27-15-6-4-14(20)5-7-15/h3-9H,10H2,1-2H3,(H,21,26). The van der Waals surface area contributed by atoms with Crippen molar-refractivity contribution in [2.75, 3.05) is 11.9 Å². The Morgan fingerprint density at radius 1 is 1.18 bits per heavy atom. The van der Waals surface area contributed by atoms with E-state index >= 15 is 0 Å². The zero-order valence-electron chi connectivity index (χ0n) is 15.1. The van der Waals surface area contributed by atoms with Crippen LogP contribution in [0.1, 0.15) is 11.4 Å². The molecule has 0 saturated carbocycles. The van der Waals surface area contributed by atoms with Crippen LogP contribution in [-0.2, 0) is 4.79 Å². The molecule has 0 fully saturated rings. The molecule has 4 rings (SSSR count). The fraction of sp³-hybridized carbons (Fsp3) is 0.158. The van der Waals surface area contributed by atoms with Gasteiger partial charge in [-0.05, 0) is 61.9 Å². The summed E-state index contributed by atoms with van der Waals surface area (Å²) in [6, 6.07) is 13.1. The summed E-state index contributed by atoms with van der Waals surface area (Å²) in [7, 11) is 0. The second-order valence-electron chi connectivity index (χ2n) is 6.17. The van der Waals surface area contributed by atoms with Crippen molar-refractivity contribution < 1.29 is 9.53 Å². The summed E-state index contributed by atoms with van der Waals surface area (Å²) < 4.78 is 8.19. The number of amides is 1. The summed E-state index contributed by atoms with van der Waals surface area (Å²) in [6.07, 6.45) is 0. The summed E-state index contributed by atoms with van der Waals surface area (Å²) in [4.78, 5) is 13.0. The first-order valence-corrected chi connectivity index (χ1v) is 10.1. The maximum Gasteiger partial charge on any atom is 0.262 e. The number of aryl methyl sites for hydroxylation is 2. The molecule has 0 bridgehead atoms. The van der Waals surface area contributed by atoms with Gasteiger partial charge < -0.3 is 10.1 Å². The van der Waals surface area contributed by atoms with E-state index in [-0.39, 0.29) is 12.5 Å². The van der Waals surface area contributed by atoms with Gasteiger partial charge >= 0.3 is 0 Å². The minimum absolute atomic E-state index is 0.0568. The van der Waals surface area contributed by atoms with Crippen LogP contribution in [0.3, 0.4) is 0 Å². The minimum Gasteiger partial charge on any atom is -0.484 e. The summed E-state index contributed by atoms with van der Waals surface area (Å²) >= 11 is 4.84. The molecule has 0 aliphatic carbocycles. The molecule has 1 N–H and O–H groups in total. The first kappa shape index (κ1) is 18.6. The Morgan fingerprint density at radius 3 is 2.68 bits per heavy atom. The van der Waals surface area contributed by atoms with Crippen molar-refractivity contribution in [1.82, 2.24) is 19.8 Å². The number of rotatable bonds is 5. The van der Waals surface area contributed by atoms with Gasteiger partial charge in [-0.1, -0.05) is 27.3 Å². The number of aromatic nitrogens is 4. The van der Waals surface area contributed by atoms with Crippen molar-refractivity contribution in [3.05, 3.63) is 58.3 Å². The third-order valence-electron chi connectivity index (χ3n) is 4.08. The van der Waals surface area contributed by atoms with E-state index in [1.54, 1.807) is 16.6 Å². The Kier molecular flexibility index (Phi) is 5.10. The van der Waals surface area contributed by atoms with Gasteiger partial charge in [-0.3, -0.25) is 4.79 Å². The largest absolute Gasteiger partial charge is 0.484 e. The van der Waals surface area contributed by atoms with Crippen LogP contribution in [0.15, 0.2) is 46.9 Å². The number of hydrogen-bond donors (Lipinski definition) is 1.